The lowest BCUT2D eigenvalue weighted by molar-refractivity contribution is -0.138. The molecular weight excluding hydrogens is 582 g/mol. The molecule has 0 unspecified atom stereocenters. The van der Waals surface area contributed by atoms with Gasteiger partial charge in [0.1, 0.15) is 22.1 Å². The van der Waals surface area contributed by atoms with Crippen LogP contribution in [0.3, 0.4) is 0 Å². The van der Waals surface area contributed by atoms with Crippen molar-refractivity contribution < 1.29 is 23.5 Å². The number of rotatable bonds is 9. The molecule has 3 amide bonds. The standard InChI is InChI=1S/C29H22BrN3O5S/c1-37-22-13-7-18(8-14-22)27(34)32-21-4-2-6-24(16-21)39-26-25(31-20-11-9-19(30)10-12-20)28(35)33(29(26)36)17-23-5-3-15-38-23/h2-16,31H,17H2,1H3,(H,32,34). The van der Waals surface area contributed by atoms with Gasteiger partial charge in [-0.25, -0.2) is 0 Å². The van der Waals surface area contributed by atoms with Crippen LogP contribution in [0, 0.1) is 0 Å². The third-order valence-electron chi connectivity index (χ3n) is 5.80. The van der Waals surface area contributed by atoms with E-state index in [1.807, 2.05) is 30.3 Å². The molecule has 5 rings (SSSR count). The maximum atomic E-state index is 13.5. The van der Waals surface area contributed by atoms with E-state index in [2.05, 4.69) is 26.6 Å². The van der Waals surface area contributed by atoms with Crippen molar-refractivity contribution in [3.05, 3.63) is 118 Å². The van der Waals surface area contributed by atoms with E-state index in [1.54, 1.807) is 61.7 Å². The normalized spacial score (nSPS) is 13.1. The minimum absolute atomic E-state index is 0.0121. The number of amides is 3. The van der Waals surface area contributed by atoms with Crippen molar-refractivity contribution in [1.29, 1.82) is 0 Å². The van der Waals surface area contributed by atoms with Gasteiger partial charge in [-0.3, -0.25) is 19.3 Å². The molecule has 1 aliphatic rings. The number of imide groups is 1. The zero-order chi connectivity index (χ0) is 27.4. The lowest BCUT2D eigenvalue weighted by Gasteiger charge is -2.13. The second-order valence-electron chi connectivity index (χ2n) is 8.42. The quantitative estimate of drug-likeness (QED) is 0.217. The van der Waals surface area contributed by atoms with Gasteiger partial charge in [-0.2, -0.15) is 0 Å². The Bertz CT molecular complexity index is 1550. The molecule has 1 aromatic heterocycles. The molecule has 0 spiro atoms. The first-order valence-corrected chi connectivity index (χ1v) is 13.4. The van der Waals surface area contributed by atoms with Crippen molar-refractivity contribution in [3.63, 3.8) is 0 Å². The molecule has 39 heavy (non-hydrogen) atoms. The van der Waals surface area contributed by atoms with Crippen LogP contribution in [-0.4, -0.2) is 29.7 Å². The van der Waals surface area contributed by atoms with Crippen molar-refractivity contribution in [2.75, 3.05) is 17.7 Å². The molecule has 0 fully saturated rings. The van der Waals surface area contributed by atoms with Crippen LogP contribution in [0.2, 0.25) is 0 Å². The first-order valence-electron chi connectivity index (χ1n) is 11.8. The molecule has 0 aliphatic carbocycles. The predicted molar refractivity (Wildman–Crippen MR) is 152 cm³/mol. The zero-order valence-electron chi connectivity index (χ0n) is 20.6. The summed E-state index contributed by atoms with van der Waals surface area (Å²) < 4.78 is 11.4. The molecule has 10 heteroatoms. The number of carbonyl (C=O) groups is 3. The van der Waals surface area contributed by atoms with Crippen molar-refractivity contribution in [2.24, 2.45) is 0 Å². The van der Waals surface area contributed by atoms with Gasteiger partial charge < -0.3 is 19.8 Å². The largest absolute Gasteiger partial charge is 0.497 e. The summed E-state index contributed by atoms with van der Waals surface area (Å²) in [6.07, 6.45) is 1.50. The van der Waals surface area contributed by atoms with Crippen molar-refractivity contribution >= 4 is 56.8 Å². The predicted octanol–water partition coefficient (Wildman–Crippen LogP) is 6.29. The highest BCUT2D eigenvalue weighted by atomic mass is 79.9. The number of hydrogen-bond acceptors (Lipinski definition) is 7. The molecule has 3 aromatic carbocycles. The van der Waals surface area contributed by atoms with Crippen LogP contribution in [0.15, 0.2) is 116 Å². The van der Waals surface area contributed by atoms with E-state index in [0.717, 1.165) is 21.1 Å². The van der Waals surface area contributed by atoms with E-state index in [1.165, 1.54) is 6.26 Å². The second-order valence-corrected chi connectivity index (χ2v) is 10.4. The minimum Gasteiger partial charge on any atom is -0.497 e. The van der Waals surface area contributed by atoms with E-state index in [0.29, 0.717) is 33.3 Å². The Labute approximate surface area is 237 Å². The molecule has 4 aromatic rings. The number of thioether (sulfide) groups is 1. The fourth-order valence-electron chi connectivity index (χ4n) is 3.84. The maximum absolute atomic E-state index is 13.5. The number of furan rings is 1. The number of ether oxygens (including phenoxy) is 1. The van der Waals surface area contributed by atoms with Crippen molar-refractivity contribution in [2.45, 2.75) is 11.4 Å². The van der Waals surface area contributed by atoms with E-state index in [-0.39, 0.29) is 23.1 Å². The van der Waals surface area contributed by atoms with Gasteiger partial charge >= 0.3 is 0 Å². The van der Waals surface area contributed by atoms with Crippen molar-refractivity contribution in [3.8, 4) is 5.75 Å². The van der Waals surface area contributed by atoms with E-state index in [9.17, 15) is 14.4 Å². The van der Waals surface area contributed by atoms with Crippen LogP contribution in [0.1, 0.15) is 16.1 Å². The van der Waals surface area contributed by atoms with Gasteiger partial charge in [-0.1, -0.05) is 33.8 Å². The number of nitrogens with zero attached hydrogens (tertiary/aromatic N) is 1. The SMILES string of the molecule is COc1ccc(C(=O)Nc2cccc(SC3=C(Nc4ccc(Br)cc4)C(=O)N(Cc4ccco4)C3=O)c2)cc1. The monoisotopic (exact) mass is 603 g/mol. The molecule has 0 saturated heterocycles. The average Bonchev–Trinajstić information content (AvgIpc) is 3.54. The smallest absolute Gasteiger partial charge is 0.278 e. The van der Waals surface area contributed by atoms with Crippen LogP contribution < -0.4 is 15.4 Å². The van der Waals surface area contributed by atoms with Crippen LogP contribution in [-0.2, 0) is 16.1 Å². The van der Waals surface area contributed by atoms with Crippen LogP contribution in [0.4, 0.5) is 11.4 Å². The third kappa shape index (κ3) is 6.08. The third-order valence-corrected chi connectivity index (χ3v) is 7.40. The Morgan fingerprint density at radius 3 is 2.41 bits per heavy atom. The van der Waals surface area contributed by atoms with Crippen LogP contribution in [0.25, 0.3) is 0 Å². The summed E-state index contributed by atoms with van der Waals surface area (Å²) in [5.41, 5.74) is 1.86. The highest BCUT2D eigenvalue weighted by Crippen LogP contribution is 2.37. The molecule has 0 saturated carbocycles. The Balaban J connectivity index is 1.39. The summed E-state index contributed by atoms with van der Waals surface area (Å²) in [6.45, 7) is 0.0121. The van der Waals surface area contributed by atoms with E-state index >= 15 is 0 Å². The fourth-order valence-corrected chi connectivity index (χ4v) is 5.11. The van der Waals surface area contributed by atoms with Gasteiger partial charge in [0.25, 0.3) is 17.7 Å². The van der Waals surface area contributed by atoms with Gasteiger partial charge in [0, 0.05) is 26.3 Å². The maximum Gasteiger partial charge on any atom is 0.278 e. The van der Waals surface area contributed by atoms with Gasteiger partial charge in [0.2, 0.25) is 0 Å². The number of carbonyl (C=O) groups excluding carboxylic acids is 3. The molecule has 2 N–H and O–H groups in total. The molecule has 0 radical (unpaired) electrons. The summed E-state index contributed by atoms with van der Waals surface area (Å²) in [6, 6.07) is 24.6. The number of halogens is 1. The first-order chi connectivity index (χ1) is 18.9. The topological polar surface area (TPSA) is 101 Å². The first kappa shape index (κ1) is 26.3. The Kier molecular flexibility index (Phi) is 7.85. The van der Waals surface area contributed by atoms with Gasteiger partial charge in [-0.05, 0) is 78.9 Å². The Morgan fingerprint density at radius 2 is 1.72 bits per heavy atom. The average molecular weight is 604 g/mol. The Hall–Kier alpha value is -4.28. The van der Waals surface area contributed by atoms with Gasteiger partial charge in [-0.15, -0.1) is 0 Å². The summed E-state index contributed by atoms with van der Waals surface area (Å²) in [5, 5.41) is 5.99. The molecule has 2 heterocycles. The minimum atomic E-state index is -0.453. The number of nitrogens with one attached hydrogen (secondary N) is 2. The van der Waals surface area contributed by atoms with Crippen LogP contribution in [0.5, 0.6) is 5.75 Å². The van der Waals surface area contributed by atoms with E-state index in [4.69, 9.17) is 9.15 Å². The molecule has 8 nitrogen and oxygen atoms in total. The Morgan fingerprint density at radius 1 is 0.949 bits per heavy atom. The molecule has 0 bridgehead atoms. The highest BCUT2D eigenvalue weighted by molar-refractivity contribution is 9.10. The lowest BCUT2D eigenvalue weighted by atomic mass is 10.2. The summed E-state index contributed by atoms with van der Waals surface area (Å²) in [5.74, 6) is -0.0235. The zero-order valence-corrected chi connectivity index (χ0v) is 23.0. The summed E-state index contributed by atoms with van der Waals surface area (Å²) >= 11 is 4.55. The van der Waals surface area contributed by atoms with Crippen LogP contribution >= 0.6 is 27.7 Å². The summed E-state index contributed by atoms with van der Waals surface area (Å²) in [4.78, 5) is 41.7. The number of anilines is 2. The van der Waals surface area contributed by atoms with E-state index < -0.39 is 11.8 Å². The number of benzene rings is 3. The molecular formula is C29H22BrN3O5S. The van der Waals surface area contributed by atoms with Crippen molar-refractivity contribution in [1.82, 2.24) is 4.90 Å². The summed E-state index contributed by atoms with van der Waals surface area (Å²) in [7, 11) is 1.56. The molecule has 1 aliphatic heterocycles. The fraction of sp³-hybridized carbons (Fsp3) is 0.0690. The number of hydrogen-bond donors (Lipinski definition) is 2. The molecule has 196 valence electrons. The van der Waals surface area contributed by atoms with Gasteiger partial charge in [0.05, 0.1) is 19.9 Å². The highest BCUT2D eigenvalue weighted by Gasteiger charge is 2.39. The molecule has 0 atom stereocenters. The number of methoxy groups -OCH3 is 1. The van der Waals surface area contributed by atoms with Gasteiger partial charge in [0.15, 0.2) is 0 Å². The second kappa shape index (κ2) is 11.6. The lowest BCUT2D eigenvalue weighted by Crippen LogP contribution is -2.31.